The van der Waals surface area contributed by atoms with Crippen molar-refractivity contribution in [3.63, 3.8) is 0 Å². The first kappa shape index (κ1) is 9.50. The highest BCUT2D eigenvalue weighted by Gasteiger charge is 2.01. The molecule has 60 valence electrons. The quantitative estimate of drug-likeness (QED) is 0.605. The molecule has 1 N–H and O–H groups in total. The molecule has 0 aliphatic carbocycles. The van der Waals surface area contributed by atoms with Gasteiger partial charge in [-0.3, -0.25) is 0 Å². The van der Waals surface area contributed by atoms with Gasteiger partial charge in [-0.15, -0.1) is 0 Å². The summed E-state index contributed by atoms with van der Waals surface area (Å²) >= 11 is 0. The van der Waals surface area contributed by atoms with Crippen LogP contribution >= 0.6 is 0 Å². The van der Waals surface area contributed by atoms with Gasteiger partial charge in [0.25, 0.3) is 0 Å². The Morgan fingerprint density at radius 1 is 1.50 bits per heavy atom. The number of aliphatic hydroxyl groups excluding tert-OH is 1. The van der Waals surface area contributed by atoms with E-state index in [0.29, 0.717) is 5.92 Å². The third-order valence-electron chi connectivity index (χ3n) is 1.48. The molecule has 1 unspecified atom stereocenters. The second-order valence-corrected chi connectivity index (χ2v) is 2.77. The van der Waals surface area contributed by atoms with E-state index in [1.54, 1.807) is 0 Å². The molecule has 0 aliphatic heterocycles. The number of nitrogens with zero attached hydrogens (tertiary/aromatic N) is 1. The molecule has 0 aromatic carbocycles. The lowest BCUT2D eigenvalue weighted by Gasteiger charge is -2.15. The first-order chi connectivity index (χ1) is 4.70. The van der Waals surface area contributed by atoms with Gasteiger partial charge in [-0.25, -0.2) is 0 Å². The van der Waals surface area contributed by atoms with Crippen molar-refractivity contribution in [3.8, 4) is 0 Å². The van der Waals surface area contributed by atoms with E-state index >= 15 is 0 Å². The van der Waals surface area contributed by atoms with Gasteiger partial charge in [0.1, 0.15) is 0 Å². The molecule has 2 heteroatoms. The fraction of sp³-hybridized carbons (Fsp3) is 0.750. The molecule has 0 amide bonds. The maximum Gasteiger partial charge on any atom is 0.0755 e. The molecular formula is C8H17NO. The second kappa shape index (κ2) is 5.30. The van der Waals surface area contributed by atoms with Crippen LogP contribution in [0.5, 0.6) is 0 Å². The summed E-state index contributed by atoms with van der Waals surface area (Å²) in [4.78, 5) is 2.12. The van der Waals surface area contributed by atoms with Crippen LogP contribution in [0.2, 0.25) is 0 Å². The molecule has 0 spiro atoms. The highest BCUT2D eigenvalue weighted by molar-refractivity contribution is 4.82. The Morgan fingerprint density at radius 3 is 2.40 bits per heavy atom. The molecule has 0 heterocycles. The van der Waals surface area contributed by atoms with Crippen molar-refractivity contribution in [2.75, 3.05) is 20.6 Å². The van der Waals surface area contributed by atoms with Gasteiger partial charge >= 0.3 is 0 Å². The van der Waals surface area contributed by atoms with E-state index in [1.807, 2.05) is 20.2 Å². The first-order valence-electron chi connectivity index (χ1n) is 3.66. The van der Waals surface area contributed by atoms with Crippen LogP contribution in [0, 0.1) is 5.92 Å². The molecule has 0 aliphatic rings. The minimum atomic E-state index is 0.486. The smallest absolute Gasteiger partial charge is 0.0755 e. The van der Waals surface area contributed by atoms with Crippen LogP contribution in [-0.4, -0.2) is 30.6 Å². The van der Waals surface area contributed by atoms with Crippen molar-refractivity contribution in [3.05, 3.63) is 12.3 Å². The Hall–Kier alpha value is -0.500. The van der Waals surface area contributed by atoms with E-state index in [1.165, 1.54) is 0 Å². The monoisotopic (exact) mass is 143 g/mol. The Labute approximate surface area is 63.2 Å². The largest absolute Gasteiger partial charge is 0.516 e. The predicted octanol–water partition coefficient (Wildman–Crippen LogP) is 1.65. The van der Waals surface area contributed by atoms with Crippen molar-refractivity contribution >= 4 is 0 Å². The molecular weight excluding hydrogens is 126 g/mol. The van der Waals surface area contributed by atoms with Crippen LogP contribution in [-0.2, 0) is 0 Å². The van der Waals surface area contributed by atoms with E-state index in [0.717, 1.165) is 19.2 Å². The molecule has 0 saturated carbocycles. The van der Waals surface area contributed by atoms with E-state index in [9.17, 15) is 0 Å². The Bertz CT molecular complexity index is 99.4. The van der Waals surface area contributed by atoms with Crippen LogP contribution in [0.4, 0.5) is 0 Å². The summed E-state index contributed by atoms with van der Waals surface area (Å²) in [6.07, 6.45) is 4.05. The second-order valence-electron chi connectivity index (χ2n) is 2.77. The summed E-state index contributed by atoms with van der Waals surface area (Å²) in [5, 5.41) is 8.48. The number of aliphatic hydroxyl groups is 1. The lowest BCUT2D eigenvalue weighted by Crippen LogP contribution is -2.19. The van der Waals surface area contributed by atoms with E-state index < -0.39 is 0 Å². The van der Waals surface area contributed by atoms with Crippen molar-refractivity contribution < 1.29 is 5.11 Å². The molecule has 10 heavy (non-hydrogen) atoms. The third-order valence-corrected chi connectivity index (χ3v) is 1.48. The molecule has 0 aromatic rings. The zero-order chi connectivity index (χ0) is 7.98. The highest BCUT2D eigenvalue weighted by atomic mass is 16.2. The highest BCUT2D eigenvalue weighted by Crippen LogP contribution is 2.04. The summed E-state index contributed by atoms with van der Waals surface area (Å²) in [7, 11) is 4.07. The molecule has 0 aromatic heterocycles. The van der Waals surface area contributed by atoms with Gasteiger partial charge in [0.05, 0.1) is 6.26 Å². The van der Waals surface area contributed by atoms with Crippen molar-refractivity contribution in [1.82, 2.24) is 4.90 Å². The molecule has 0 fully saturated rings. The summed E-state index contributed by atoms with van der Waals surface area (Å²) in [6, 6.07) is 0. The molecule has 0 rings (SSSR count). The van der Waals surface area contributed by atoms with Gasteiger partial charge in [0.15, 0.2) is 0 Å². The Kier molecular flexibility index (Phi) is 5.03. The van der Waals surface area contributed by atoms with Gasteiger partial charge in [0, 0.05) is 6.54 Å². The van der Waals surface area contributed by atoms with Gasteiger partial charge < -0.3 is 10.0 Å². The van der Waals surface area contributed by atoms with Gasteiger partial charge in [-0.1, -0.05) is 6.92 Å². The Balaban J connectivity index is 3.60. The van der Waals surface area contributed by atoms with Crippen LogP contribution < -0.4 is 0 Å². The molecule has 0 bridgehead atoms. The third kappa shape index (κ3) is 4.39. The van der Waals surface area contributed by atoms with Gasteiger partial charge in [-0.05, 0) is 32.5 Å². The van der Waals surface area contributed by atoms with E-state index in [2.05, 4.69) is 11.8 Å². The maximum absolute atomic E-state index is 8.48. The van der Waals surface area contributed by atoms with Gasteiger partial charge in [-0.2, -0.15) is 0 Å². The first-order valence-corrected chi connectivity index (χ1v) is 3.66. The fourth-order valence-electron chi connectivity index (χ4n) is 0.917. The topological polar surface area (TPSA) is 23.5 Å². The minimum Gasteiger partial charge on any atom is -0.516 e. The summed E-state index contributed by atoms with van der Waals surface area (Å²) in [6.45, 7) is 3.13. The number of rotatable bonds is 4. The van der Waals surface area contributed by atoms with Crippen LogP contribution in [0.15, 0.2) is 12.3 Å². The van der Waals surface area contributed by atoms with Crippen molar-refractivity contribution in [2.45, 2.75) is 13.3 Å². The maximum atomic E-state index is 8.48. The van der Waals surface area contributed by atoms with Crippen LogP contribution in [0.25, 0.3) is 0 Å². The predicted molar refractivity (Wildman–Crippen MR) is 44.1 cm³/mol. The average molecular weight is 143 g/mol. The summed E-state index contributed by atoms with van der Waals surface area (Å²) in [5.74, 6) is 0.486. The minimum absolute atomic E-state index is 0.486. The standard InChI is InChI=1S/C8H17NO/c1-4-8(5-6-10)7-9(2)3/h5-6,8,10H,4,7H2,1-3H3/b6-5-. The lowest BCUT2D eigenvalue weighted by molar-refractivity contribution is 0.349. The van der Waals surface area contributed by atoms with E-state index in [-0.39, 0.29) is 0 Å². The van der Waals surface area contributed by atoms with Crippen LogP contribution in [0.3, 0.4) is 0 Å². The van der Waals surface area contributed by atoms with Gasteiger partial charge in [0.2, 0.25) is 0 Å². The zero-order valence-corrected chi connectivity index (χ0v) is 7.04. The lowest BCUT2D eigenvalue weighted by atomic mass is 10.1. The van der Waals surface area contributed by atoms with Crippen LogP contribution in [0.1, 0.15) is 13.3 Å². The fourth-order valence-corrected chi connectivity index (χ4v) is 0.917. The Morgan fingerprint density at radius 2 is 2.10 bits per heavy atom. The average Bonchev–Trinajstić information content (AvgIpc) is 1.86. The molecule has 2 nitrogen and oxygen atoms in total. The number of hydrogen-bond acceptors (Lipinski definition) is 2. The van der Waals surface area contributed by atoms with Crippen molar-refractivity contribution in [2.24, 2.45) is 5.92 Å². The summed E-state index contributed by atoms with van der Waals surface area (Å²) in [5.41, 5.74) is 0. The number of hydrogen-bond donors (Lipinski definition) is 1. The SMILES string of the molecule is CCC(/C=C\O)CN(C)C. The normalized spacial score (nSPS) is 14.8. The zero-order valence-electron chi connectivity index (χ0n) is 7.04. The molecule has 0 saturated heterocycles. The van der Waals surface area contributed by atoms with E-state index in [4.69, 9.17) is 5.11 Å². The molecule has 0 radical (unpaired) electrons. The molecule has 1 atom stereocenters. The van der Waals surface area contributed by atoms with Crippen molar-refractivity contribution in [1.29, 1.82) is 0 Å². The summed E-state index contributed by atoms with van der Waals surface area (Å²) < 4.78 is 0.